The fraction of sp³-hybridized carbons (Fsp3) is 0.667. The molecule has 3 rings (SSSR count). The van der Waals surface area contributed by atoms with Gasteiger partial charge in [-0.15, -0.1) is 10.2 Å². The van der Waals surface area contributed by atoms with E-state index >= 15 is 0 Å². The third-order valence-electron chi connectivity index (χ3n) is 4.98. The standard InChI is InChI=1S/C18H28N6O/c1-18(2,3)15-9-17(25)24(12-19-15)10-14-5-7-23(8-6-14)11-16-21-20-13-22(16)4/h9,12-14H,5-8,10-11H2,1-4H3. The molecule has 0 saturated carbocycles. The molecule has 2 aromatic rings. The number of aromatic nitrogens is 5. The first-order valence-electron chi connectivity index (χ1n) is 8.95. The summed E-state index contributed by atoms with van der Waals surface area (Å²) >= 11 is 0. The molecule has 0 aromatic carbocycles. The van der Waals surface area contributed by atoms with Crippen molar-refractivity contribution in [2.45, 2.75) is 52.1 Å². The molecule has 1 aliphatic rings. The lowest BCUT2D eigenvalue weighted by atomic mass is 9.92. The zero-order valence-electron chi connectivity index (χ0n) is 15.6. The Kier molecular flexibility index (Phi) is 5.03. The van der Waals surface area contributed by atoms with Gasteiger partial charge in [0.2, 0.25) is 0 Å². The zero-order valence-corrected chi connectivity index (χ0v) is 15.6. The molecule has 3 heterocycles. The minimum absolute atomic E-state index is 0.0569. The van der Waals surface area contributed by atoms with Crippen molar-refractivity contribution in [1.82, 2.24) is 29.2 Å². The summed E-state index contributed by atoms with van der Waals surface area (Å²) in [6.07, 6.45) is 5.63. The molecule has 0 aliphatic carbocycles. The maximum Gasteiger partial charge on any atom is 0.253 e. The maximum atomic E-state index is 12.4. The number of rotatable bonds is 4. The summed E-state index contributed by atoms with van der Waals surface area (Å²) < 4.78 is 3.73. The number of hydrogen-bond donors (Lipinski definition) is 0. The van der Waals surface area contributed by atoms with E-state index in [2.05, 4.69) is 40.9 Å². The molecule has 0 unspecified atom stereocenters. The lowest BCUT2D eigenvalue weighted by molar-refractivity contribution is 0.161. The van der Waals surface area contributed by atoms with E-state index in [1.807, 2.05) is 11.6 Å². The highest BCUT2D eigenvalue weighted by atomic mass is 16.1. The predicted octanol–water partition coefficient (Wildman–Crippen LogP) is 1.58. The van der Waals surface area contributed by atoms with Crippen molar-refractivity contribution in [3.05, 3.63) is 40.6 Å². The van der Waals surface area contributed by atoms with Gasteiger partial charge in [0.15, 0.2) is 0 Å². The molecule has 0 atom stereocenters. The SMILES string of the molecule is Cn1cnnc1CN1CCC(Cn2cnc(C(C)(C)C)cc2=O)CC1. The maximum absolute atomic E-state index is 12.4. The van der Waals surface area contributed by atoms with E-state index in [0.29, 0.717) is 5.92 Å². The number of piperidine rings is 1. The molecule has 0 amide bonds. The first-order valence-corrected chi connectivity index (χ1v) is 8.95. The van der Waals surface area contributed by atoms with E-state index in [9.17, 15) is 4.79 Å². The molecule has 0 N–H and O–H groups in total. The summed E-state index contributed by atoms with van der Waals surface area (Å²) in [6, 6.07) is 1.68. The van der Waals surface area contributed by atoms with Crippen LogP contribution in [0.2, 0.25) is 0 Å². The van der Waals surface area contributed by atoms with Crippen LogP contribution in [0.15, 0.2) is 23.5 Å². The van der Waals surface area contributed by atoms with Crippen molar-refractivity contribution >= 4 is 0 Å². The molecular formula is C18H28N6O. The minimum Gasteiger partial charge on any atom is -0.320 e. The molecule has 136 valence electrons. The van der Waals surface area contributed by atoms with Crippen LogP contribution in [0.4, 0.5) is 0 Å². The normalized spacial score (nSPS) is 17.1. The Morgan fingerprint density at radius 1 is 1.20 bits per heavy atom. The van der Waals surface area contributed by atoms with Gasteiger partial charge in [0.1, 0.15) is 12.2 Å². The van der Waals surface area contributed by atoms with Gasteiger partial charge in [-0.2, -0.15) is 0 Å². The van der Waals surface area contributed by atoms with E-state index in [0.717, 1.165) is 50.5 Å². The van der Waals surface area contributed by atoms with Crippen molar-refractivity contribution in [2.75, 3.05) is 13.1 Å². The molecule has 0 bridgehead atoms. The van der Waals surface area contributed by atoms with Gasteiger partial charge in [0, 0.05) is 25.1 Å². The average molecular weight is 344 g/mol. The zero-order chi connectivity index (χ0) is 18.0. The third kappa shape index (κ3) is 4.34. The average Bonchev–Trinajstić information content (AvgIpc) is 2.95. The predicted molar refractivity (Wildman–Crippen MR) is 96.2 cm³/mol. The van der Waals surface area contributed by atoms with Gasteiger partial charge in [-0.25, -0.2) is 4.98 Å². The smallest absolute Gasteiger partial charge is 0.253 e. The first kappa shape index (κ1) is 17.8. The van der Waals surface area contributed by atoms with Crippen molar-refractivity contribution in [2.24, 2.45) is 13.0 Å². The summed E-state index contributed by atoms with van der Waals surface area (Å²) in [5, 5.41) is 8.09. The fourth-order valence-corrected chi connectivity index (χ4v) is 3.23. The van der Waals surface area contributed by atoms with Crippen LogP contribution in [0.1, 0.15) is 45.1 Å². The molecular weight excluding hydrogens is 316 g/mol. The van der Waals surface area contributed by atoms with E-state index in [1.165, 1.54) is 0 Å². The molecule has 7 nitrogen and oxygen atoms in total. The van der Waals surface area contributed by atoms with Crippen LogP contribution in [-0.2, 0) is 25.6 Å². The topological polar surface area (TPSA) is 68.8 Å². The van der Waals surface area contributed by atoms with E-state index in [1.54, 1.807) is 23.3 Å². The van der Waals surface area contributed by atoms with Crippen molar-refractivity contribution < 1.29 is 0 Å². The number of aryl methyl sites for hydroxylation is 1. The fourth-order valence-electron chi connectivity index (χ4n) is 3.23. The van der Waals surface area contributed by atoms with Gasteiger partial charge in [-0.1, -0.05) is 20.8 Å². The monoisotopic (exact) mass is 344 g/mol. The second kappa shape index (κ2) is 7.07. The first-order chi connectivity index (χ1) is 11.8. The van der Waals surface area contributed by atoms with Crippen LogP contribution in [0.25, 0.3) is 0 Å². The van der Waals surface area contributed by atoms with Gasteiger partial charge in [-0.05, 0) is 31.8 Å². The van der Waals surface area contributed by atoms with Gasteiger partial charge in [0.25, 0.3) is 5.56 Å². The Bertz CT molecular complexity index is 764. The molecule has 1 fully saturated rings. The van der Waals surface area contributed by atoms with Gasteiger partial charge in [-0.3, -0.25) is 14.3 Å². The van der Waals surface area contributed by atoms with Crippen molar-refractivity contribution in [3.63, 3.8) is 0 Å². The van der Waals surface area contributed by atoms with E-state index in [-0.39, 0.29) is 11.0 Å². The van der Waals surface area contributed by atoms with Crippen molar-refractivity contribution in [3.8, 4) is 0 Å². The summed E-state index contributed by atoms with van der Waals surface area (Å²) in [4.78, 5) is 19.3. The third-order valence-corrected chi connectivity index (χ3v) is 4.98. The summed E-state index contributed by atoms with van der Waals surface area (Å²) in [7, 11) is 1.97. The highest BCUT2D eigenvalue weighted by molar-refractivity contribution is 5.10. The largest absolute Gasteiger partial charge is 0.320 e. The van der Waals surface area contributed by atoms with Crippen LogP contribution in [0, 0.1) is 5.92 Å². The van der Waals surface area contributed by atoms with E-state index < -0.39 is 0 Å². The van der Waals surface area contributed by atoms with Crippen molar-refractivity contribution in [1.29, 1.82) is 0 Å². The molecule has 0 radical (unpaired) electrons. The van der Waals surface area contributed by atoms with Gasteiger partial charge >= 0.3 is 0 Å². The molecule has 25 heavy (non-hydrogen) atoms. The molecule has 1 aliphatic heterocycles. The molecule has 2 aromatic heterocycles. The highest BCUT2D eigenvalue weighted by Gasteiger charge is 2.22. The van der Waals surface area contributed by atoms with Gasteiger partial charge in [0.05, 0.1) is 18.6 Å². The lowest BCUT2D eigenvalue weighted by Crippen LogP contribution is -2.36. The Morgan fingerprint density at radius 2 is 1.92 bits per heavy atom. The second-order valence-electron chi connectivity index (χ2n) is 8.09. The molecule has 7 heteroatoms. The Balaban J connectivity index is 1.56. The number of likely N-dealkylation sites (tertiary alicyclic amines) is 1. The van der Waals surface area contributed by atoms with E-state index in [4.69, 9.17) is 0 Å². The molecule has 1 saturated heterocycles. The van der Waals surface area contributed by atoms with Gasteiger partial charge < -0.3 is 4.57 Å². The Morgan fingerprint density at radius 3 is 2.48 bits per heavy atom. The van der Waals surface area contributed by atoms with Crippen LogP contribution >= 0.6 is 0 Å². The van der Waals surface area contributed by atoms with Crippen LogP contribution in [0.3, 0.4) is 0 Å². The summed E-state index contributed by atoms with van der Waals surface area (Å²) in [5.41, 5.74) is 0.817. The van der Waals surface area contributed by atoms with Crippen LogP contribution in [-0.4, -0.2) is 42.3 Å². The Labute approximate surface area is 148 Å². The highest BCUT2D eigenvalue weighted by Crippen LogP contribution is 2.21. The molecule has 0 spiro atoms. The number of hydrogen-bond acceptors (Lipinski definition) is 5. The number of nitrogens with zero attached hydrogens (tertiary/aromatic N) is 6. The minimum atomic E-state index is -0.0938. The quantitative estimate of drug-likeness (QED) is 0.842. The van der Waals surface area contributed by atoms with Crippen LogP contribution in [0.5, 0.6) is 0 Å². The van der Waals surface area contributed by atoms with Crippen LogP contribution < -0.4 is 5.56 Å². The summed E-state index contributed by atoms with van der Waals surface area (Å²) in [6.45, 7) is 9.88. The Hall–Kier alpha value is -2.02. The summed E-state index contributed by atoms with van der Waals surface area (Å²) in [5.74, 6) is 1.52. The lowest BCUT2D eigenvalue weighted by Gasteiger charge is -2.31. The second-order valence-corrected chi connectivity index (χ2v) is 8.09.